The average molecular weight is 486 g/mol. The molecule has 3 aromatic rings. The zero-order chi connectivity index (χ0) is 25.5. The van der Waals surface area contributed by atoms with Gasteiger partial charge in [-0.05, 0) is 55.0 Å². The lowest BCUT2D eigenvalue weighted by atomic mass is 9.73. The van der Waals surface area contributed by atoms with E-state index in [1.54, 1.807) is 13.0 Å². The van der Waals surface area contributed by atoms with Crippen molar-refractivity contribution in [2.75, 3.05) is 13.1 Å². The first-order valence-electron chi connectivity index (χ1n) is 12.2. The number of rotatable bonds is 8. The highest BCUT2D eigenvalue weighted by molar-refractivity contribution is 5.96. The lowest BCUT2D eigenvalue weighted by Gasteiger charge is -2.42. The highest BCUT2D eigenvalue weighted by Crippen LogP contribution is 2.36. The van der Waals surface area contributed by atoms with E-state index in [1.807, 2.05) is 53.4 Å². The number of piperidine rings is 1. The molecule has 0 unspecified atom stereocenters. The van der Waals surface area contributed by atoms with Crippen molar-refractivity contribution in [3.63, 3.8) is 0 Å². The quantitative estimate of drug-likeness (QED) is 0.473. The Hall–Kier alpha value is -3.93. The van der Waals surface area contributed by atoms with Crippen molar-refractivity contribution in [3.8, 4) is 0 Å². The SMILES string of the molecule is C=C(NC(=O)c1cc(F)ccc1C)N1CCC(Cc2ccccc2)(C(=O)NCc2ccccc2)CC1. The molecule has 0 aromatic heterocycles. The second kappa shape index (κ2) is 11.2. The van der Waals surface area contributed by atoms with E-state index in [9.17, 15) is 14.0 Å². The van der Waals surface area contributed by atoms with Gasteiger partial charge < -0.3 is 15.5 Å². The summed E-state index contributed by atoms with van der Waals surface area (Å²) in [5.41, 5.74) is 2.59. The molecule has 1 saturated heterocycles. The van der Waals surface area contributed by atoms with Gasteiger partial charge in [0.25, 0.3) is 5.91 Å². The lowest BCUT2D eigenvalue weighted by molar-refractivity contribution is -0.133. The molecule has 1 aliphatic rings. The minimum absolute atomic E-state index is 0.0416. The monoisotopic (exact) mass is 485 g/mol. The number of halogens is 1. The molecular formula is C30H32FN3O2. The largest absolute Gasteiger partial charge is 0.359 e. The number of amides is 2. The Bertz CT molecular complexity index is 1220. The number of carbonyl (C=O) groups excluding carboxylic acids is 2. The molecule has 0 bridgehead atoms. The van der Waals surface area contributed by atoms with E-state index < -0.39 is 17.1 Å². The summed E-state index contributed by atoms with van der Waals surface area (Å²) in [5.74, 6) is -0.346. The molecule has 3 aromatic carbocycles. The van der Waals surface area contributed by atoms with Crippen molar-refractivity contribution < 1.29 is 14.0 Å². The molecule has 1 fully saturated rings. The van der Waals surface area contributed by atoms with E-state index in [2.05, 4.69) is 29.3 Å². The Morgan fingerprint density at radius 3 is 2.19 bits per heavy atom. The van der Waals surface area contributed by atoms with Crippen molar-refractivity contribution in [1.82, 2.24) is 15.5 Å². The zero-order valence-electron chi connectivity index (χ0n) is 20.6. The lowest BCUT2D eigenvalue weighted by Crippen LogP contribution is -2.51. The van der Waals surface area contributed by atoms with Crippen LogP contribution in [0.4, 0.5) is 4.39 Å². The summed E-state index contributed by atoms with van der Waals surface area (Å²) in [7, 11) is 0. The molecule has 0 saturated carbocycles. The number of likely N-dealkylation sites (tertiary alicyclic amines) is 1. The molecule has 2 amide bonds. The average Bonchev–Trinajstić information content (AvgIpc) is 2.90. The molecule has 6 heteroatoms. The second-order valence-corrected chi connectivity index (χ2v) is 9.46. The number of hydrogen-bond acceptors (Lipinski definition) is 3. The molecule has 2 N–H and O–H groups in total. The van der Waals surface area contributed by atoms with Crippen LogP contribution in [-0.2, 0) is 17.8 Å². The molecular weight excluding hydrogens is 453 g/mol. The van der Waals surface area contributed by atoms with E-state index >= 15 is 0 Å². The van der Waals surface area contributed by atoms with Crippen molar-refractivity contribution in [2.24, 2.45) is 5.41 Å². The minimum atomic E-state index is -0.559. The molecule has 0 radical (unpaired) electrons. The van der Waals surface area contributed by atoms with E-state index in [-0.39, 0.29) is 11.5 Å². The summed E-state index contributed by atoms with van der Waals surface area (Å²) < 4.78 is 13.7. The summed E-state index contributed by atoms with van der Waals surface area (Å²) >= 11 is 0. The third-order valence-electron chi connectivity index (χ3n) is 6.97. The normalized spacial score (nSPS) is 14.7. The van der Waals surface area contributed by atoms with Gasteiger partial charge in [0.2, 0.25) is 5.91 Å². The van der Waals surface area contributed by atoms with Crippen LogP contribution in [-0.4, -0.2) is 29.8 Å². The van der Waals surface area contributed by atoms with Gasteiger partial charge in [-0.3, -0.25) is 9.59 Å². The second-order valence-electron chi connectivity index (χ2n) is 9.46. The van der Waals surface area contributed by atoms with Crippen molar-refractivity contribution >= 4 is 11.8 Å². The topological polar surface area (TPSA) is 61.4 Å². The van der Waals surface area contributed by atoms with Crippen LogP contribution >= 0.6 is 0 Å². The van der Waals surface area contributed by atoms with Gasteiger partial charge >= 0.3 is 0 Å². The van der Waals surface area contributed by atoms with Gasteiger partial charge in [0, 0.05) is 25.2 Å². The minimum Gasteiger partial charge on any atom is -0.359 e. The van der Waals surface area contributed by atoms with Crippen LogP contribution < -0.4 is 10.6 Å². The van der Waals surface area contributed by atoms with Gasteiger partial charge in [-0.2, -0.15) is 0 Å². The van der Waals surface area contributed by atoms with Crippen LogP contribution in [0.3, 0.4) is 0 Å². The van der Waals surface area contributed by atoms with Gasteiger partial charge in [-0.1, -0.05) is 73.3 Å². The fourth-order valence-electron chi connectivity index (χ4n) is 4.76. The Morgan fingerprint density at radius 1 is 0.944 bits per heavy atom. The van der Waals surface area contributed by atoms with E-state index in [1.165, 1.54) is 12.1 Å². The summed E-state index contributed by atoms with van der Waals surface area (Å²) in [6.45, 7) is 7.45. The maximum Gasteiger partial charge on any atom is 0.257 e. The Labute approximate surface area is 212 Å². The number of nitrogens with zero attached hydrogens (tertiary/aromatic N) is 1. The highest BCUT2D eigenvalue weighted by Gasteiger charge is 2.41. The van der Waals surface area contributed by atoms with Crippen LogP contribution in [0.1, 0.15) is 39.9 Å². The van der Waals surface area contributed by atoms with Gasteiger partial charge in [0.1, 0.15) is 11.6 Å². The number of benzene rings is 3. The fourth-order valence-corrected chi connectivity index (χ4v) is 4.76. The predicted octanol–water partition coefficient (Wildman–Crippen LogP) is 4.98. The van der Waals surface area contributed by atoms with Crippen molar-refractivity contribution in [1.29, 1.82) is 0 Å². The standard InChI is InChI=1S/C30H32FN3O2/c1-22-13-14-26(31)19-27(22)28(35)33-23(2)34-17-15-30(16-18-34,20-24-9-5-3-6-10-24)29(36)32-21-25-11-7-4-8-12-25/h3-14,19H,2,15-18,20-21H2,1H3,(H,32,36)(H,33,35). The summed E-state index contributed by atoms with van der Waals surface area (Å²) in [6, 6.07) is 24.1. The third-order valence-corrected chi connectivity index (χ3v) is 6.97. The maximum absolute atomic E-state index is 13.7. The highest BCUT2D eigenvalue weighted by atomic mass is 19.1. The number of aryl methyl sites for hydroxylation is 1. The Balaban J connectivity index is 1.43. The van der Waals surface area contributed by atoms with Crippen LogP contribution in [0.25, 0.3) is 0 Å². The van der Waals surface area contributed by atoms with Gasteiger partial charge in [-0.15, -0.1) is 0 Å². The molecule has 1 heterocycles. The molecule has 0 atom stereocenters. The van der Waals surface area contributed by atoms with Gasteiger partial charge in [0.05, 0.1) is 5.41 Å². The van der Waals surface area contributed by atoms with E-state index in [4.69, 9.17) is 0 Å². The molecule has 4 rings (SSSR count). The first-order valence-corrected chi connectivity index (χ1v) is 12.2. The van der Waals surface area contributed by atoms with Crippen LogP contribution in [0.15, 0.2) is 91.3 Å². The maximum atomic E-state index is 13.7. The fraction of sp³-hybridized carbons (Fsp3) is 0.267. The molecule has 0 spiro atoms. The molecule has 36 heavy (non-hydrogen) atoms. The molecule has 5 nitrogen and oxygen atoms in total. The van der Waals surface area contributed by atoms with Crippen molar-refractivity contribution in [3.05, 3.63) is 119 Å². The zero-order valence-corrected chi connectivity index (χ0v) is 20.6. The van der Waals surface area contributed by atoms with Gasteiger partial charge in [0.15, 0.2) is 0 Å². The summed E-state index contributed by atoms with van der Waals surface area (Å²) in [5, 5.41) is 5.97. The Kier molecular flexibility index (Phi) is 7.84. The number of nitrogens with one attached hydrogen (secondary N) is 2. The van der Waals surface area contributed by atoms with Crippen LogP contribution in [0.2, 0.25) is 0 Å². The van der Waals surface area contributed by atoms with E-state index in [0.717, 1.165) is 11.1 Å². The molecule has 186 valence electrons. The first kappa shape index (κ1) is 25.2. The third kappa shape index (κ3) is 6.00. The molecule has 1 aliphatic heterocycles. The molecule has 0 aliphatic carbocycles. The number of carbonyl (C=O) groups is 2. The number of hydrogen-bond donors (Lipinski definition) is 2. The van der Waals surface area contributed by atoms with Crippen LogP contribution in [0.5, 0.6) is 0 Å². The summed E-state index contributed by atoms with van der Waals surface area (Å²) in [4.78, 5) is 28.3. The van der Waals surface area contributed by atoms with Crippen molar-refractivity contribution in [2.45, 2.75) is 32.7 Å². The van der Waals surface area contributed by atoms with Gasteiger partial charge in [-0.25, -0.2) is 4.39 Å². The smallest absolute Gasteiger partial charge is 0.257 e. The summed E-state index contributed by atoms with van der Waals surface area (Å²) in [6.07, 6.45) is 1.89. The predicted molar refractivity (Wildman–Crippen MR) is 139 cm³/mol. The van der Waals surface area contributed by atoms with Crippen LogP contribution in [0, 0.1) is 18.2 Å². The Morgan fingerprint density at radius 2 is 1.56 bits per heavy atom. The first-order chi connectivity index (χ1) is 17.4. The van der Waals surface area contributed by atoms with E-state index in [0.29, 0.717) is 50.3 Å².